The number of nitrogens with zero attached hydrogens (tertiary/aromatic N) is 1. The highest BCUT2D eigenvalue weighted by Crippen LogP contribution is 2.49. The van der Waals surface area contributed by atoms with E-state index in [1.807, 2.05) is 24.3 Å². The second-order valence-electron chi connectivity index (χ2n) is 8.30. The lowest BCUT2D eigenvalue weighted by Gasteiger charge is -2.28. The van der Waals surface area contributed by atoms with Crippen LogP contribution in [-0.2, 0) is 18.3 Å². The van der Waals surface area contributed by atoms with Gasteiger partial charge in [-0.15, -0.1) is 0 Å². The van der Waals surface area contributed by atoms with Crippen LogP contribution in [0.2, 0.25) is 5.02 Å². The molecule has 1 heterocycles. The quantitative estimate of drug-likeness (QED) is 0.469. The minimum absolute atomic E-state index is 0.153. The van der Waals surface area contributed by atoms with E-state index in [4.69, 9.17) is 21.3 Å². The highest BCUT2D eigenvalue weighted by Gasteiger charge is 2.38. The van der Waals surface area contributed by atoms with Crippen LogP contribution in [0.4, 0.5) is 4.79 Å². The highest BCUT2D eigenvalue weighted by atomic mass is 35.5. The molecule has 4 nitrogen and oxygen atoms in total. The van der Waals surface area contributed by atoms with Crippen LogP contribution >= 0.6 is 11.6 Å². The van der Waals surface area contributed by atoms with Crippen molar-refractivity contribution in [2.24, 2.45) is 0 Å². The van der Waals surface area contributed by atoms with Gasteiger partial charge in [-0.2, -0.15) is 0 Å². The summed E-state index contributed by atoms with van der Waals surface area (Å²) >= 11 is 6.29. The third-order valence-electron chi connectivity index (χ3n) is 6.26. The predicted molar refractivity (Wildman–Crippen MR) is 110 cm³/mol. The fourth-order valence-electron chi connectivity index (χ4n) is 4.84. The Morgan fingerprint density at radius 2 is 1.89 bits per heavy atom. The first-order chi connectivity index (χ1) is 13.5. The van der Waals surface area contributed by atoms with Gasteiger partial charge in [-0.3, -0.25) is 4.98 Å². The molecule has 0 aliphatic heterocycles. The summed E-state index contributed by atoms with van der Waals surface area (Å²) < 4.78 is 5.47. The first-order valence-corrected chi connectivity index (χ1v) is 10.6. The lowest BCUT2D eigenvalue weighted by atomic mass is 9.81. The van der Waals surface area contributed by atoms with Gasteiger partial charge in [-0.25, -0.2) is 4.79 Å². The van der Waals surface area contributed by atoms with Gasteiger partial charge < -0.3 is 9.84 Å². The topological polar surface area (TPSA) is 59.4 Å². The molecule has 0 radical (unpaired) electrons. The van der Waals surface area contributed by atoms with Crippen LogP contribution in [0.15, 0.2) is 24.3 Å². The van der Waals surface area contributed by atoms with Crippen LogP contribution in [0.1, 0.15) is 68.8 Å². The minimum Gasteiger partial charge on any atom is -0.449 e. The summed E-state index contributed by atoms with van der Waals surface area (Å²) in [5.41, 5.74) is 4.67. The van der Waals surface area contributed by atoms with Crippen molar-refractivity contribution >= 4 is 17.8 Å². The molecule has 0 amide bonds. The van der Waals surface area contributed by atoms with Crippen LogP contribution in [0.25, 0.3) is 11.1 Å². The van der Waals surface area contributed by atoms with Gasteiger partial charge in [0.15, 0.2) is 5.75 Å². The Labute approximate surface area is 170 Å². The Kier molecular flexibility index (Phi) is 5.33. The molecular weight excluding hydrogens is 374 g/mol. The molecule has 5 heteroatoms. The summed E-state index contributed by atoms with van der Waals surface area (Å²) in [6.45, 7) is 2.20. The van der Waals surface area contributed by atoms with E-state index in [2.05, 4.69) is 6.92 Å². The Bertz CT molecular complexity index is 903. The molecule has 0 atom stereocenters. The number of fused-ring (bicyclic) bond motifs is 1. The molecule has 1 N–H and O–H groups in total. The van der Waals surface area contributed by atoms with E-state index < -0.39 is 6.16 Å². The van der Waals surface area contributed by atoms with Gasteiger partial charge in [0.25, 0.3) is 0 Å². The number of pyridine rings is 1. The molecule has 4 rings (SSSR count). The molecule has 1 aromatic heterocycles. The number of aryl methyl sites for hydroxylation is 1. The fraction of sp³-hybridized carbons (Fsp3) is 0.478. The fourth-order valence-corrected chi connectivity index (χ4v) is 5.03. The third kappa shape index (κ3) is 3.62. The van der Waals surface area contributed by atoms with Gasteiger partial charge in [-0.05, 0) is 61.8 Å². The Morgan fingerprint density at radius 3 is 2.61 bits per heavy atom. The molecule has 0 saturated heterocycles. The lowest BCUT2D eigenvalue weighted by Crippen LogP contribution is -2.23. The maximum Gasteiger partial charge on any atom is 0.511 e. The largest absolute Gasteiger partial charge is 0.511 e. The SMILES string of the molecule is CC1(c2nc3c(c(-c4cccc(Cl)c4)c2OC(=O)O)CCCCC3)CCCC1. The zero-order valence-corrected chi connectivity index (χ0v) is 17.0. The Morgan fingerprint density at radius 1 is 1.14 bits per heavy atom. The number of ether oxygens (including phenoxy) is 1. The predicted octanol–water partition coefficient (Wildman–Crippen LogP) is 6.56. The second kappa shape index (κ2) is 7.75. The maximum absolute atomic E-state index is 11.7. The molecule has 28 heavy (non-hydrogen) atoms. The van der Waals surface area contributed by atoms with E-state index >= 15 is 0 Å². The number of hydrogen-bond donors (Lipinski definition) is 1. The van der Waals surface area contributed by atoms with Gasteiger partial charge in [-0.1, -0.05) is 49.9 Å². The highest BCUT2D eigenvalue weighted by molar-refractivity contribution is 6.30. The number of halogens is 1. The van der Waals surface area contributed by atoms with Crippen LogP contribution in [0.5, 0.6) is 5.75 Å². The van der Waals surface area contributed by atoms with Crippen molar-refractivity contribution in [1.29, 1.82) is 0 Å². The standard InChI is InChI=1S/C23H26ClNO3/c1-23(12-5-6-13-23)21-20(28-22(26)27)19(15-8-7-9-16(24)14-15)17-10-3-2-4-11-18(17)25-21/h7-9,14H,2-6,10-13H2,1H3,(H,26,27). The average molecular weight is 400 g/mol. The van der Waals surface area contributed by atoms with Crippen molar-refractivity contribution in [3.63, 3.8) is 0 Å². The molecule has 2 aliphatic carbocycles. The van der Waals surface area contributed by atoms with Gasteiger partial charge in [0.1, 0.15) is 0 Å². The number of carboxylic acid groups (broad SMARTS) is 1. The summed E-state index contributed by atoms with van der Waals surface area (Å²) in [6, 6.07) is 7.63. The molecule has 0 unspecified atom stereocenters. The normalized spacial score (nSPS) is 18.4. The van der Waals surface area contributed by atoms with Crippen molar-refractivity contribution in [3.8, 4) is 16.9 Å². The summed E-state index contributed by atoms with van der Waals surface area (Å²) in [5, 5.41) is 10.2. The number of aromatic nitrogens is 1. The van der Waals surface area contributed by atoms with Crippen LogP contribution < -0.4 is 4.74 Å². The first-order valence-electron chi connectivity index (χ1n) is 10.2. The van der Waals surface area contributed by atoms with Gasteiger partial charge in [0, 0.05) is 21.7 Å². The lowest BCUT2D eigenvalue weighted by molar-refractivity contribution is 0.143. The third-order valence-corrected chi connectivity index (χ3v) is 6.50. The van der Waals surface area contributed by atoms with E-state index in [0.29, 0.717) is 10.8 Å². The summed E-state index contributed by atoms with van der Waals surface area (Å²) in [6.07, 6.45) is 8.15. The maximum atomic E-state index is 11.7. The molecule has 1 saturated carbocycles. The average Bonchev–Trinajstić information content (AvgIpc) is 2.96. The molecular formula is C23H26ClNO3. The van der Waals surface area contributed by atoms with E-state index in [9.17, 15) is 9.90 Å². The minimum atomic E-state index is -1.29. The van der Waals surface area contributed by atoms with E-state index in [1.54, 1.807) is 0 Å². The molecule has 2 aliphatic rings. The number of benzene rings is 1. The van der Waals surface area contributed by atoms with E-state index in [-0.39, 0.29) is 5.41 Å². The van der Waals surface area contributed by atoms with Crippen molar-refractivity contribution in [2.75, 3.05) is 0 Å². The van der Waals surface area contributed by atoms with Crippen molar-refractivity contribution < 1.29 is 14.6 Å². The molecule has 1 aromatic carbocycles. The Balaban J connectivity index is 2.03. The molecule has 2 aromatic rings. The van der Waals surface area contributed by atoms with Gasteiger partial charge >= 0.3 is 6.16 Å². The number of carbonyl (C=O) groups is 1. The van der Waals surface area contributed by atoms with E-state index in [1.165, 1.54) is 0 Å². The van der Waals surface area contributed by atoms with Crippen molar-refractivity contribution in [1.82, 2.24) is 4.98 Å². The summed E-state index contributed by atoms with van der Waals surface area (Å²) in [4.78, 5) is 16.7. The first kappa shape index (κ1) is 19.3. The Hall–Kier alpha value is -2.07. The smallest absolute Gasteiger partial charge is 0.449 e. The molecule has 0 spiro atoms. The van der Waals surface area contributed by atoms with Crippen LogP contribution in [0.3, 0.4) is 0 Å². The zero-order valence-electron chi connectivity index (χ0n) is 16.3. The van der Waals surface area contributed by atoms with Crippen molar-refractivity contribution in [2.45, 2.75) is 70.1 Å². The summed E-state index contributed by atoms with van der Waals surface area (Å²) in [5.74, 6) is 0.416. The van der Waals surface area contributed by atoms with Crippen LogP contribution in [0, 0.1) is 0 Å². The number of rotatable bonds is 3. The number of hydrogen-bond acceptors (Lipinski definition) is 3. The molecule has 1 fully saturated rings. The van der Waals surface area contributed by atoms with Crippen molar-refractivity contribution in [3.05, 3.63) is 46.2 Å². The van der Waals surface area contributed by atoms with Gasteiger partial charge in [0.05, 0.1) is 5.69 Å². The van der Waals surface area contributed by atoms with Crippen LogP contribution in [-0.4, -0.2) is 16.2 Å². The summed E-state index contributed by atoms with van der Waals surface area (Å²) in [7, 11) is 0. The second-order valence-corrected chi connectivity index (χ2v) is 8.73. The molecule has 0 bridgehead atoms. The van der Waals surface area contributed by atoms with E-state index in [0.717, 1.165) is 85.9 Å². The zero-order chi connectivity index (χ0) is 19.7. The van der Waals surface area contributed by atoms with Gasteiger partial charge in [0.2, 0.25) is 0 Å². The monoisotopic (exact) mass is 399 g/mol. The molecule has 148 valence electrons.